The lowest BCUT2D eigenvalue weighted by Gasteiger charge is -1.85. The predicted octanol–water partition coefficient (Wildman–Crippen LogP) is 2.27. The largest absolute Gasteiger partial charge is 0.295 e. The summed E-state index contributed by atoms with van der Waals surface area (Å²) in [6, 6.07) is 0. The van der Waals surface area contributed by atoms with Gasteiger partial charge < -0.3 is 0 Å². The maximum absolute atomic E-state index is 10.6. The summed E-state index contributed by atoms with van der Waals surface area (Å²) in [5.41, 5.74) is 0. The fourth-order valence-corrected chi connectivity index (χ4v) is 0.436. The molecule has 2 heteroatoms. The lowest BCUT2D eigenvalue weighted by atomic mass is 10.3. The molecule has 0 N–H and O–H groups in total. The van der Waals surface area contributed by atoms with Gasteiger partial charge in [0.15, 0.2) is 5.78 Å². The lowest BCUT2D eigenvalue weighted by Crippen LogP contribution is -1.87. The summed E-state index contributed by atoms with van der Waals surface area (Å²) >= 11 is 5.46. The van der Waals surface area contributed by atoms with Crippen LogP contribution in [0.5, 0.6) is 0 Å². The van der Waals surface area contributed by atoms with Gasteiger partial charge >= 0.3 is 0 Å². The highest BCUT2D eigenvalue weighted by Crippen LogP contribution is 2.01. The molecule has 0 aliphatic rings. The molecule has 0 fully saturated rings. The van der Waals surface area contributed by atoms with Gasteiger partial charge in [-0.15, -0.1) is 0 Å². The highest BCUT2D eigenvalue weighted by Gasteiger charge is 1.91. The molecular weight excluding hydrogens is 136 g/mol. The minimum absolute atomic E-state index is 0.0277. The number of carbonyl (C=O) groups is 1. The van der Waals surface area contributed by atoms with Crippen LogP contribution in [0, 0.1) is 0 Å². The van der Waals surface area contributed by atoms with Gasteiger partial charge in [-0.3, -0.25) is 4.79 Å². The van der Waals surface area contributed by atoms with E-state index in [1.807, 2.05) is 0 Å². The van der Waals surface area contributed by atoms with Crippen LogP contribution in [0.2, 0.25) is 0 Å². The third-order valence-corrected chi connectivity index (χ3v) is 1.11. The molecule has 0 aliphatic carbocycles. The van der Waals surface area contributed by atoms with E-state index in [-0.39, 0.29) is 5.78 Å². The molecule has 0 spiro atoms. The average Bonchev–Trinajstić information content (AvgIpc) is 1.87. The normalized spacial score (nSPS) is 11.1. The standard InChI is InChI=1S/C7H9ClO/c1-3-6(8)5-7(9)4-2/h3,5H,1,4H2,2H3/b6-5-. The van der Waals surface area contributed by atoms with Crippen LogP contribution in [-0.2, 0) is 4.79 Å². The van der Waals surface area contributed by atoms with Crippen LogP contribution < -0.4 is 0 Å². The Hall–Kier alpha value is -0.560. The van der Waals surface area contributed by atoms with E-state index in [4.69, 9.17) is 11.6 Å². The maximum Gasteiger partial charge on any atom is 0.156 e. The molecule has 0 rings (SSSR count). The molecule has 0 aromatic carbocycles. The van der Waals surface area contributed by atoms with Gasteiger partial charge in [0.2, 0.25) is 0 Å². The van der Waals surface area contributed by atoms with Crippen LogP contribution in [-0.4, -0.2) is 5.78 Å². The second-order valence-corrected chi connectivity index (χ2v) is 1.99. The van der Waals surface area contributed by atoms with E-state index < -0.39 is 0 Å². The van der Waals surface area contributed by atoms with Crippen LogP contribution in [0.1, 0.15) is 13.3 Å². The van der Waals surface area contributed by atoms with Crippen LogP contribution in [0.4, 0.5) is 0 Å². The van der Waals surface area contributed by atoms with Crippen LogP contribution >= 0.6 is 11.6 Å². The topological polar surface area (TPSA) is 17.1 Å². The first-order valence-electron chi connectivity index (χ1n) is 2.73. The molecule has 0 atom stereocenters. The first-order chi connectivity index (χ1) is 4.20. The molecule has 1 nitrogen and oxygen atoms in total. The summed E-state index contributed by atoms with van der Waals surface area (Å²) in [6.07, 6.45) is 3.30. The average molecular weight is 145 g/mol. The zero-order valence-corrected chi connectivity index (χ0v) is 6.11. The third-order valence-electron chi connectivity index (χ3n) is 0.842. The van der Waals surface area contributed by atoms with Crippen molar-refractivity contribution in [1.29, 1.82) is 0 Å². The molecule has 0 amide bonds. The first kappa shape index (κ1) is 8.44. The van der Waals surface area contributed by atoms with Crippen molar-refractivity contribution < 1.29 is 4.79 Å². The van der Waals surface area contributed by atoms with Crippen molar-refractivity contribution in [3.8, 4) is 0 Å². The summed E-state index contributed by atoms with van der Waals surface area (Å²) in [5, 5.41) is 0.404. The van der Waals surface area contributed by atoms with Crippen molar-refractivity contribution >= 4 is 17.4 Å². The number of carbonyl (C=O) groups excluding carboxylic acids is 1. The Bertz CT molecular complexity index is 147. The van der Waals surface area contributed by atoms with Crippen LogP contribution in [0.3, 0.4) is 0 Å². The van der Waals surface area contributed by atoms with Crippen molar-refractivity contribution in [3.05, 3.63) is 23.8 Å². The molecule has 0 unspecified atom stereocenters. The zero-order valence-electron chi connectivity index (χ0n) is 5.36. The fourth-order valence-electron chi connectivity index (χ4n) is 0.315. The van der Waals surface area contributed by atoms with Gasteiger partial charge in [0.1, 0.15) is 0 Å². The van der Waals surface area contributed by atoms with Gasteiger partial charge in [-0.25, -0.2) is 0 Å². The van der Waals surface area contributed by atoms with Gasteiger partial charge in [-0.2, -0.15) is 0 Å². The number of allylic oxidation sites excluding steroid dienone is 3. The second-order valence-electron chi connectivity index (χ2n) is 1.55. The minimum atomic E-state index is 0.0277. The third kappa shape index (κ3) is 3.98. The zero-order chi connectivity index (χ0) is 7.28. The molecule has 0 aromatic heterocycles. The molecule has 0 saturated carbocycles. The highest BCUT2D eigenvalue weighted by atomic mass is 35.5. The molecule has 0 bridgehead atoms. The van der Waals surface area contributed by atoms with E-state index in [0.717, 1.165) is 0 Å². The summed E-state index contributed by atoms with van der Waals surface area (Å²) < 4.78 is 0. The van der Waals surface area contributed by atoms with Gasteiger partial charge in [-0.05, 0) is 6.08 Å². The van der Waals surface area contributed by atoms with Crippen LogP contribution in [0.15, 0.2) is 23.8 Å². The summed E-state index contributed by atoms with van der Waals surface area (Å²) in [6.45, 7) is 5.18. The number of rotatable bonds is 3. The molecule has 0 saturated heterocycles. The summed E-state index contributed by atoms with van der Waals surface area (Å²) in [4.78, 5) is 10.6. The summed E-state index contributed by atoms with van der Waals surface area (Å²) in [7, 11) is 0. The number of hydrogen-bond acceptors (Lipinski definition) is 1. The van der Waals surface area contributed by atoms with Crippen LogP contribution in [0.25, 0.3) is 0 Å². The number of halogens is 1. The SMILES string of the molecule is C=C/C(Cl)=C/C(=O)CC. The monoisotopic (exact) mass is 144 g/mol. The molecule has 50 valence electrons. The maximum atomic E-state index is 10.6. The number of hydrogen-bond donors (Lipinski definition) is 0. The smallest absolute Gasteiger partial charge is 0.156 e. The van der Waals surface area contributed by atoms with Crippen molar-refractivity contribution in [3.63, 3.8) is 0 Å². The van der Waals surface area contributed by atoms with Crippen molar-refractivity contribution in [2.24, 2.45) is 0 Å². The van der Waals surface area contributed by atoms with E-state index in [9.17, 15) is 4.79 Å². The van der Waals surface area contributed by atoms with Crippen molar-refractivity contribution in [1.82, 2.24) is 0 Å². The summed E-state index contributed by atoms with van der Waals surface area (Å²) in [5.74, 6) is 0.0277. The van der Waals surface area contributed by atoms with Crippen molar-refractivity contribution in [2.75, 3.05) is 0 Å². The molecule has 0 radical (unpaired) electrons. The Morgan fingerprint density at radius 1 is 1.78 bits per heavy atom. The Morgan fingerprint density at radius 3 is 2.67 bits per heavy atom. The molecular formula is C7H9ClO. The number of ketones is 1. The second kappa shape index (κ2) is 4.33. The van der Waals surface area contributed by atoms with E-state index in [0.29, 0.717) is 11.5 Å². The molecule has 9 heavy (non-hydrogen) atoms. The Balaban J connectivity index is 3.94. The van der Waals surface area contributed by atoms with E-state index in [2.05, 4.69) is 6.58 Å². The van der Waals surface area contributed by atoms with Crippen molar-refractivity contribution in [2.45, 2.75) is 13.3 Å². The Kier molecular flexibility index (Phi) is 4.06. The molecule has 0 aliphatic heterocycles. The Labute approximate surface area is 60.0 Å². The predicted molar refractivity (Wildman–Crippen MR) is 39.4 cm³/mol. The van der Waals surface area contributed by atoms with Gasteiger partial charge in [0, 0.05) is 11.5 Å². The van der Waals surface area contributed by atoms with Gasteiger partial charge in [0.25, 0.3) is 0 Å². The Morgan fingerprint density at radius 2 is 2.33 bits per heavy atom. The quantitative estimate of drug-likeness (QED) is 0.439. The van der Waals surface area contributed by atoms with E-state index >= 15 is 0 Å². The van der Waals surface area contributed by atoms with Gasteiger partial charge in [-0.1, -0.05) is 31.2 Å². The van der Waals surface area contributed by atoms with E-state index in [1.54, 1.807) is 6.92 Å². The molecule has 0 aromatic rings. The minimum Gasteiger partial charge on any atom is -0.295 e. The first-order valence-corrected chi connectivity index (χ1v) is 3.11. The fraction of sp³-hybridized carbons (Fsp3) is 0.286. The highest BCUT2D eigenvalue weighted by molar-refractivity contribution is 6.32. The molecule has 0 heterocycles. The van der Waals surface area contributed by atoms with E-state index in [1.165, 1.54) is 12.2 Å². The lowest BCUT2D eigenvalue weighted by molar-refractivity contribution is -0.114. The van der Waals surface area contributed by atoms with Gasteiger partial charge in [0.05, 0.1) is 0 Å².